The van der Waals surface area contributed by atoms with Crippen LogP contribution in [0.3, 0.4) is 0 Å². The lowest BCUT2D eigenvalue weighted by Crippen LogP contribution is -2.31. The van der Waals surface area contributed by atoms with Gasteiger partial charge in [-0.1, -0.05) is 26.8 Å². The van der Waals surface area contributed by atoms with Gasteiger partial charge in [-0.05, 0) is 47.9 Å². The van der Waals surface area contributed by atoms with Crippen molar-refractivity contribution >= 4 is 34.0 Å². The van der Waals surface area contributed by atoms with Gasteiger partial charge in [-0.15, -0.1) is 11.3 Å². The van der Waals surface area contributed by atoms with E-state index in [1.165, 1.54) is 29.9 Å². The van der Waals surface area contributed by atoms with Crippen LogP contribution in [0.1, 0.15) is 60.6 Å². The van der Waals surface area contributed by atoms with Crippen LogP contribution >= 0.6 is 11.3 Å². The average Bonchev–Trinajstić information content (AvgIpc) is 3.25. The topological polar surface area (TPSA) is 54.9 Å². The van der Waals surface area contributed by atoms with E-state index in [4.69, 9.17) is 9.97 Å². The molecular formula is C21H21N3OS. The number of carbonyl (C=O) groups excluding carboxylic acids is 1. The molecular weight excluding hydrogens is 342 g/mol. The molecule has 2 unspecified atom stereocenters. The van der Waals surface area contributed by atoms with E-state index < -0.39 is 0 Å². The highest BCUT2D eigenvalue weighted by molar-refractivity contribution is 7.12. The Kier molecular flexibility index (Phi) is 3.15. The standard InChI is InChI=1S/C21H21N3OS/c1-20(2)13-8-9-21(20,3)18-17(13)23-15-11-12(6-7-14(15)24-18)22-19(25)16-5-4-10-26-16/h4-7,10-11,13H,8-9H2,1-3H3,(H,22,25). The van der Waals surface area contributed by atoms with Gasteiger partial charge in [-0.2, -0.15) is 0 Å². The zero-order valence-electron chi connectivity index (χ0n) is 15.2. The molecule has 0 radical (unpaired) electrons. The van der Waals surface area contributed by atoms with Crippen LogP contribution in [-0.2, 0) is 5.41 Å². The molecule has 3 aromatic rings. The quantitative estimate of drug-likeness (QED) is 0.687. The summed E-state index contributed by atoms with van der Waals surface area (Å²) in [4.78, 5) is 23.0. The molecule has 132 valence electrons. The van der Waals surface area contributed by atoms with Gasteiger partial charge in [0.05, 0.1) is 27.3 Å². The van der Waals surface area contributed by atoms with Crippen LogP contribution in [0.5, 0.6) is 0 Å². The van der Waals surface area contributed by atoms with Gasteiger partial charge in [0, 0.05) is 17.0 Å². The molecule has 0 saturated heterocycles. The second kappa shape index (κ2) is 5.13. The van der Waals surface area contributed by atoms with Crippen LogP contribution in [0.15, 0.2) is 35.7 Å². The molecule has 2 aliphatic carbocycles. The monoisotopic (exact) mass is 363 g/mol. The van der Waals surface area contributed by atoms with Crippen LogP contribution in [0.2, 0.25) is 0 Å². The maximum absolute atomic E-state index is 12.3. The first-order valence-corrected chi connectivity index (χ1v) is 9.95. The molecule has 5 heteroatoms. The summed E-state index contributed by atoms with van der Waals surface area (Å²) in [5.41, 5.74) is 5.18. The number of rotatable bonds is 2. The molecule has 2 aromatic heterocycles. The maximum atomic E-state index is 12.3. The van der Waals surface area contributed by atoms with Crippen molar-refractivity contribution < 1.29 is 4.79 Å². The smallest absolute Gasteiger partial charge is 0.265 e. The SMILES string of the molecule is CC12CCC(c3nc4cc(NC(=O)c5cccs5)ccc4nc31)C2(C)C. The summed E-state index contributed by atoms with van der Waals surface area (Å²) in [6.07, 6.45) is 2.37. The van der Waals surface area contributed by atoms with Gasteiger partial charge in [-0.25, -0.2) is 9.97 Å². The first-order chi connectivity index (χ1) is 12.4. The van der Waals surface area contributed by atoms with E-state index in [1.54, 1.807) is 0 Å². The normalized spacial score (nSPS) is 25.4. The number of aromatic nitrogens is 2. The summed E-state index contributed by atoms with van der Waals surface area (Å²) in [6, 6.07) is 9.53. The first-order valence-electron chi connectivity index (χ1n) is 9.07. The molecule has 26 heavy (non-hydrogen) atoms. The molecule has 2 aliphatic rings. The second-order valence-electron chi connectivity index (χ2n) is 8.24. The number of hydrogen-bond acceptors (Lipinski definition) is 4. The van der Waals surface area contributed by atoms with E-state index in [0.29, 0.717) is 10.8 Å². The molecule has 2 bridgehead atoms. The van der Waals surface area contributed by atoms with Crippen molar-refractivity contribution in [3.8, 4) is 0 Å². The lowest BCUT2D eigenvalue weighted by atomic mass is 9.70. The predicted molar refractivity (Wildman–Crippen MR) is 105 cm³/mol. The molecule has 1 saturated carbocycles. The molecule has 2 atom stereocenters. The van der Waals surface area contributed by atoms with Crippen molar-refractivity contribution in [2.45, 2.75) is 44.9 Å². The molecule has 0 aliphatic heterocycles. The van der Waals surface area contributed by atoms with Gasteiger partial charge in [0.1, 0.15) is 0 Å². The largest absolute Gasteiger partial charge is 0.321 e. The van der Waals surface area contributed by atoms with E-state index in [0.717, 1.165) is 22.4 Å². The predicted octanol–water partition coefficient (Wildman–Crippen LogP) is 5.12. The Morgan fingerprint density at radius 1 is 1.19 bits per heavy atom. The van der Waals surface area contributed by atoms with Crippen LogP contribution in [0, 0.1) is 5.41 Å². The fraction of sp³-hybridized carbons (Fsp3) is 0.381. The van der Waals surface area contributed by atoms with Crippen molar-refractivity contribution in [3.63, 3.8) is 0 Å². The summed E-state index contributed by atoms with van der Waals surface area (Å²) < 4.78 is 0. The number of nitrogens with one attached hydrogen (secondary N) is 1. The summed E-state index contributed by atoms with van der Waals surface area (Å²) in [6.45, 7) is 7.05. The van der Waals surface area contributed by atoms with E-state index in [9.17, 15) is 4.79 Å². The van der Waals surface area contributed by atoms with Crippen molar-refractivity contribution in [2.24, 2.45) is 5.41 Å². The third kappa shape index (κ3) is 1.98. The minimum atomic E-state index is -0.0822. The van der Waals surface area contributed by atoms with Gasteiger partial charge < -0.3 is 5.32 Å². The zero-order chi connectivity index (χ0) is 18.1. The number of benzene rings is 1. The third-order valence-electron chi connectivity index (χ3n) is 6.77. The Balaban J connectivity index is 1.56. The molecule has 1 fully saturated rings. The van der Waals surface area contributed by atoms with Gasteiger partial charge in [0.25, 0.3) is 5.91 Å². The summed E-state index contributed by atoms with van der Waals surface area (Å²) in [5, 5.41) is 4.87. The van der Waals surface area contributed by atoms with Gasteiger partial charge in [0.2, 0.25) is 0 Å². The Morgan fingerprint density at radius 2 is 2.04 bits per heavy atom. The Bertz CT molecular complexity index is 1040. The Labute approximate surface area is 156 Å². The van der Waals surface area contributed by atoms with Crippen LogP contribution < -0.4 is 5.32 Å². The average molecular weight is 363 g/mol. The van der Waals surface area contributed by atoms with E-state index in [2.05, 4.69) is 26.1 Å². The Morgan fingerprint density at radius 3 is 2.81 bits per heavy atom. The van der Waals surface area contributed by atoms with Crippen LogP contribution in [0.25, 0.3) is 11.0 Å². The third-order valence-corrected chi connectivity index (χ3v) is 7.64. The van der Waals surface area contributed by atoms with Crippen molar-refractivity contribution in [1.82, 2.24) is 9.97 Å². The Hall–Kier alpha value is -2.27. The highest BCUT2D eigenvalue weighted by Gasteiger charge is 2.61. The minimum absolute atomic E-state index is 0.0822. The van der Waals surface area contributed by atoms with Gasteiger partial charge >= 0.3 is 0 Å². The number of amides is 1. The fourth-order valence-corrected chi connectivity index (χ4v) is 5.42. The van der Waals surface area contributed by atoms with Crippen molar-refractivity contribution in [2.75, 3.05) is 5.32 Å². The molecule has 1 N–H and O–H groups in total. The number of nitrogens with zero attached hydrogens (tertiary/aromatic N) is 2. The number of hydrogen-bond donors (Lipinski definition) is 1. The number of fused-ring (bicyclic) bond motifs is 6. The number of anilines is 1. The lowest BCUT2D eigenvalue weighted by molar-refractivity contribution is 0.103. The molecule has 2 heterocycles. The highest BCUT2D eigenvalue weighted by atomic mass is 32.1. The van der Waals surface area contributed by atoms with Gasteiger partial charge in [0.15, 0.2) is 0 Å². The van der Waals surface area contributed by atoms with Gasteiger partial charge in [-0.3, -0.25) is 4.79 Å². The molecule has 1 aromatic carbocycles. The lowest BCUT2D eigenvalue weighted by Gasteiger charge is -2.34. The maximum Gasteiger partial charge on any atom is 0.265 e. The number of carbonyl (C=O) groups is 1. The van der Waals surface area contributed by atoms with Crippen LogP contribution in [0.4, 0.5) is 5.69 Å². The minimum Gasteiger partial charge on any atom is -0.321 e. The van der Waals surface area contributed by atoms with Crippen LogP contribution in [-0.4, -0.2) is 15.9 Å². The summed E-state index contributed by atoms with van der Waals surface area (Å²) >= 11 is 1.44. The van der Waals surface area contributed by atoms with E-state index in [-0.39, 0.29) is 16.7 Å². The molecule has 4 nitrogen and oxygen atoms in total. The summed E-state index contributed by atoms with van der Waals surface area (Å²) in [7, 11) is 0. The fourth-order valence-electron chi connectivity index (χ4n) is 4.80. The highest BCUT2D eigenvalue weighted by Crippen LogP contribution is 2.66. The second-order valence-corrected chi connectivity index (χ2v) is 9.19. The molecule has 0 spiro atoms. The molecule has 5 rings (SSSR count). The first kappa shape index (κ1) is 15.9. The number of thiophene rings is 1. The van der Waals surface area contributed by atoms with E-state index in [1.807, 2.05) is 35.7 Å². The summed E-state index contributed by atoms with van der Waals surface area (Å²) in [5.74, 6) is 0.393. The molecule has 1 amide bonds. The van der Waals surface area contributed by atoms with Crippen molar-refractivity contribution in [3.05, 3.63) is 52.0 Å². The van der Waals surface area contributed by atoms with E-state index >= 15 is 0 Å². The zero-order valence-corrected chi connectivity index (χ0v) is 16.0. The van der Waals surface area contributed by atoms with Crippen molar-refractivity contribution in [1.29, 1.82) is 0 Å².